The Morgan fingerprint density at radius 1 is 0.812 bits per heavy atom. The summed E-state index contributed by atoms with van der Waals surface area (Å²) in [5.41, 5.74) is 4.64. The van der Waals surface area contributed by atoms with E-state index in [1.54, 1.807) is 12.1 Å². The van der Waals surface area contributed by atoms with Crippen LogP contribution in [-0.2, 0) is 4.79 Å². The van der Waals surface area contributed by atoms with E-state index in [0.717, 1.165) is 22.5 Å². The van der Waals surface area contributed by atoms with E-state index in [1.165, 1.54) is 0 Å². The quantitative estimate of drug-likeness (QED) is 0.393. The van der Waals surface area contributed by atoms with E-state index >= 15 is 0 Å². The van der Waals surface area contributed by atoms with Gasteiger partial charge in [0, 0.05) is 29.4 Å². The molecule has 1 aromatic heterocycles. The average molecular weight is 424 g/mol. The molecular weight excluding hydrogens is 398 g/mol. The van der Waals surface area contributed by atoms with Crippen molar-refractivity contribution in [3.05, 3.63) is 114 Å². The fraction of sp³-hybridized carbons (Fsp3) is 0.148. The third kappa shape index (κ3) is 5.58. The van der Waals surface area contributed by atoms with Crippen molar-refractivity contribution in [2.75, 3.05) is 5.32 Å². The number of nitrogens with one attached hydrogen (secondary N) is 1. The number of rotatable bonds is 7. The van der Waals surface area contributed by atoms with Crippen LogP contribution >= 0.6 is 0 Å². The molecule has 0 saturated heterocycles. The van der Waals surface area contributed by atoms with Crippen LogP contribution < -0.4 is 10.1 Å². The van der Waals surface area contributed by atoms with Crippen LogP contribution in [0.1, 0.15) is 34.9 Å². The van der Waals surface area contributed by atoms with Gasteiger partial charge < -0.3 is 10.1 Å². The molecule has 0 unspecified atom stereocenters. The molecule has 32 heavy (non-hydrogen) atoms. The van der Waals surface area contributed by atoms with E-state index in [4.69, 9.17) is 4.74 Å². The summed E-state index contributed by atoms with van der Waals surface area (Å²) in [7, 11) is 0. The number of nitrogens with zero attached hydrogens (tertiary/aromatic N) is 2. The molecule has 5 heteroatoms. The fourth-order valence-electron chi connectivity index (χ4n) is 3.65. The van der Waals surface area contributed by atoms with Crippen molar-refractivity contribution in [2.24, 2.45) is 0 Å². The SMILES string of the molecule is Cc1cc(C)nc(Oc2ccc(NC(=O)CC(c3ccccc3)c3ccccc3)cc2)n1. The Morgan fingerprint density at radius 2 is 1.34 bits per heavy atom. The first-order valence-electron chi connectivity index (χ1n) is 10.6. The van der Waals surface area contributed by atoms with Crippen LogP contribution in [0.25, 0.3) is 0 Å². The Morgan fingerprint density at radius 3 is 1.88 bits per heavy atom. The lowest BCUT2D eigenvalue weighted by molar-refractivity contribution is -0.116. The lowest BCUT2D eigenvalue weighted by Crippen LogP contribution is -2.16. The predicted octanol–water partition coefficient (Wildman–Crippen LogP) is 6.05. The van der Waals surface area contributed by atoms with E-state index in [-0.39, 0.29) is 11.8 Å². The van der Waals surface area contributed by atoms with Crippen molar-refractivity contribution >= 4 is 11.6 Å². The summed E-state index contributed by atoms with van der Waals surface area (Å²) >= 11 is 0. The lowest BCUT2D eigenvalue weighted by Gasteiger charge is -2.18. The van der Waals surface area contributed by atoms with Crippen molar-refractivity contribution in [1.82, 2.24) is 9.97 Å². The first-order chi connectivity index (χ1) is 15.6. The second-order valence-corrected chi connectivity index (χ2v) is 7.69. The van der Waals surface area contributed by atoms with Crippen LogP contribution in [0.3, 0.4) is 0 Å². The molecule has 1 heterocycles. The number of benzene rings is 3. The molecule has 4 rings (SSSR count). The fourth-order valence-corrected chi connectivity index (χ4v) is 3.65. The number of carbonyl (C=O) groups is 1. The van der Waals surface area contributed by atoms with E-state index < -0.39 is 0 Å². The van der Waals surface area contributed by atoms with Crippen molar-refractivity contribution in [1.29, 1.82) is 0 Å². The minimum atomic E-state index is -0.0472. The zero-order valence-electron chi connectivity index (χ0n) is 18.2. The molecule has 1 amide bonds. The van der Waals surface area contributed by atoms with E-state index in [2.05, 4.69) is 39.6 Å². The molecule has 0 fully saturated rings. The van der Waals surface area contributed by atoms with Gasteiger partial charge in [-0.1, -0.05) is 60.7 Å². The van der Waals surface area contributed by atoms with Gasteiger partial charge in [-0.3, -0.25) is 4.79 Å². The summed E-state index contributed by atoms with van der Waals surface area (Å²) in [6.45, 7) is 3.80. The van der Waals surface area contributed by atoms with Gasteiger partial charge in [0.15, 0.2) is 0 Å². The number of aromatic nitrogens is 2. The van der Waals surface area contributed by atoms with Crippen molar-refractivity contribution in [3.63, 3.8) is 0 Å². The number of amides is 1. The first kappa shape index (κ1) is 21.2. The molecule has 0 bridgehead atoms. The number of aryl methyl sites for hydroxylation is 2. The maximum absolute atomic E-state index is 12.9. The van der Waals surface area contributed by atoms with Crippen LogP contribution in [0.4, 0.5) is 5.69 Å². The third-order valence-electron chi connectivity index (χ3n) is 5.10. The van der Waals surface area contributed by atoms with Gasteiger partial charge in [0.25, 0.3) is 0 Å². The minimum Gasteiger partial charge on any atom is -0.424 e. The number of hydrogen-bond acceptors (Lipinski definition) is 4. The number of hydrogen-bond donors (Lipinski definition) is 1. The molecule has 1 N–H and O–H groups in total. The smallest absolute Gasteiger partial charge is 0.322 e. The normalized spacial score (nSPS) is 10.7. The molecule has 0 saturated carbocycles. The number of ether oxygens (including phenoxy) is 1. The Balaban J connectivity index is 1.43. The molecule has 0 aliphatic rings. The summed E-state index contributed by atoms with van der Waals surface area (Å²) in [6.07, 6.45) is 0.350. The summed E-state index contributed by atoms with van der Waals surface area (Å²) in [5, 5.41) is 3.00. The van der Waals surface area contributed by atoms with Crippen LogP contribution in [-0.4, -0.2) is 15.9 Å². The van der Waals surface area contributed by atoms with Gasteiger partial charge in [-0.15, -0.1) is 0 Å². The van der Waals surface area contributed by atoms with Crippen LogP contribution in [0.15, 0.2) is 91.0 Å². The first-order valence-corrected chi connectivity index (χ1v) is 10.6. The molecule has 5 nitrogen and oxygen atoms in total. The van der Waals surface area contributed by atoms with Gasteiger partial charge >= 0.3 is 6.01 Å². The Bertz CT molecular complexity index is 1120. The van der Waals surface area contributed by atoms with Gasteiger partial charge in [0.1, 0.15) is 5.75 Å². The monoisotopic (exact) mass is 423 g/mol. The Kier molecular flexibility index (Phi) is 6.56. The molecule has 3 aromatic carbocycles. The molecule has 0 radical (unpaired) electrons. The molecule has 0 aliphatic heterocycles. The summed E-state index contributed by atoms with van der Waals surface area (Å²) in [5.74, 6) is 0.551. The van der Waals surface area contributed by atoms with Gasteiger partial charge in [-0.05, 0) is 55.3 Å². The van der Waals surface area contributed by atoms with Gasteiger partial charge in [-0.25, -0.2) is 9.97 Å². The highest BCUT2D eigenvalue weighted by molar-refractivity contribution is 5.91. The van der Waals surface area contributed by atoms with E-state index in [9.17, 15) is 4.79 Å². The molecule has 4 aromatic rings. The van der Waals surface area contributed by atoms with E-state index in [1.807, 2.05) is 68.4 Å². The highest BCUT2D eigenvalue weighted by Crippen LogP contribution is 2.28. The number of anilines is 1. The standard InChI is InChI=1S/C27H25N3O2/c1-19-17-20(2)29-27(28-19)32-24-15-13-23(14-16-24)30-26(31)18-25(21-9-5-3-6-10-21)22-11-7-4-8-12-22/h3-17,25H,18H2,1-2H3,(H,30,31). The predicted molar refractivity (Wildman–Crippen MR) is 126 cm³/mol. The minimum absolute atomic E-state index is 0.0123. The zero-order chi connectivity index (χ0) is 22.3. The second-order valence-electron chi connectivity index (χ2n) is 7.69. The Hall–Kier alpha value is -3.99. The maximum Gasteiger partial charge on any atom is 0.322 e. The molecule has 0 atom stereocenters. The van der Waals surface area contributed by atoms with Crippen molar-refractivity contribution in [3.8, 4) is 11.8 Å². The largest absolute Gasteiger partial charge is 0.424 e. The van der Waals surface area contributed by atoms with Crippen molar-refractivity contribution in [2.45, 2.75) is 26.2 Å². The van der Waals surface area contributed by atoms with Gasteiger partial charge in [0.2, 0.25) is 5.91 Å². The topological polar surface area (TPSA) is 64.1 Å². The highest BCUT2D eigenvalue weighted by atomic mass is 16.5. The molecule has 0 spiro atoms. The van der Waals surface area contributed by atoms with Crippen LogP contribution in [0, 0.1) is 13.8 Å². The Labute approximate surface area is 188 Å². The maximum atomic E-state index is 12.9. The second kappa shape index (κ2) is 9.88. The highest BCUT2D eigenvalue weighted by Gasteiger charge is 2.18. The van der Waals surface area contributed by atoms with Gasteiger partial charge in [-0.2, -0.15) is 0 Å². The zero-order valence-corrected chi connectivity index (χ0v) is 18.2. The molecule has 160 valence electrons. The summed E-state index contributed by atoms with van der Waals surface area (Å²) < 4.78 is 5.75. The average Bonchev–Trinajstić information content (AvgIpc) is 2.79. The van der Waals surface area contributed by atoms with Crippen LogP contribution in [0.5, 0.6) is 11.8 Å². The summed E-state index contributed by atoms with van der Waals surface area (Å²) in [6, 6.07) is 29.6. The van der Waals surface area contributed by atoms with E-state index in [0.29, 0.717) is 23.9 Å². The molecule has 0 aliphatic carbocycles. The lowest BCUT2D eigenvalue weighted by atomic mass is 9.88. The van der Waals surface area contributed by atoms with Gasteiger partial charge in [0.05, 0.1) is 0 Å². The van der Waals surface area contributed by atoms with Crippen LogP contribution in [0.2, 0.25) is 0 Å². The summed E-state index contributed by atoms with van der Waals surface area (Å²) in [4.78, 5) is 21.4. The third-order valence-corrected chi connectivity index (χ3v) is 5.10. The number of carbonyl (C=O) groups excluding carboxylic acids is 1. The van der Waals surface area contributed by atoms with Crippen molar-refractivity contribution < 1.29 is 9.53 Å². The molecular formula is C27H25N3O2.